The number of para-hydroxylation sites is 1. The molecule has 4 nitrogen and oxygen atoms in total. The fourth-order valence-electron chi connectivity index (χ4n) is 2.33. The SMILES string of the molecule is COc1cccc(/C=C/C(=O)N[C@@H](C)c2cccc(Cl)c2)c1OC. The second-order valence-electron chi connectivity index (χ2n) is 5.20. The first-order chi connectivity index (χ1) is 11.5. The van der Waals surface area contributed by atoms with Crippen LogP contribution in [0.5, 0.6) is 11.5 Å². The van der Waals surface area contributed by atoms with E-state index in [0.717, 1.165) is 11.1 Å². The van der Waals surface area contributed by atoms with Crippen molar-refractivity contribution in [1.29, 1.82) is 0 Å². The van der Waals surface area contributed by atoms with Crippen molar-refractivity contribution in [3.63, 3.8) is 0 Å². The zero-order chi connectivity index (χ0) is 17.5. The molecule has 0 spiro atoms. The van der Waals surface area contributed by atoms with Gasteiger partial charge in [0.1, 0.15) is 0 Å². The van der Waals surface area contributed by atoms with E-state index in [4.69, 9.17) is 21.1 Å². The smallest absolute Gasteiger partial charge is 0.244 e. The number of amides is 1. The Kier molecular flexibility index (Phi) is 6.27. The molecule has 0 fully saturated rings. The number of ether oxygens (including phenoxy) is 2. The van der Waals surface area contributed by atoms with Crippen LogP contribution in [0.25, 0.3) is 6.08 Å². The topological polar surface area (TPSA) is 47.6 Å². The fourth-order valence-corrected chi connectivity index (χ4v) is 2.53. The molecule has 0 aliphatic heterocycles. The van der Waals surface area contributed by atoms with Gasteiger partial charge in [0.05, 0.1) is 20.3 Å². The Hall–Kier alpha value is -2.46. The van der Waals surface area contributed by atoms with Gasteiger partial charge in [0.15, 0.2) is 11.5 Å². The van der Waals surface area contributed by atoms with Gasteiger partial charge >= 0.3 is 0 Å². The molecule has 2 rings (SSSR count). The summed E-state index contributed by atoms with van der Waals surface area (Å²) in [4.78, 5) is 12.1. The van der Waals surface area contributed by atoms with Crippen molar-refractivity contribution in [1.82, 2.24) is 5.32 Å². The van der Waals surface area contributed by atoms with Gasteiger partial charge in [-0.3, -0.25) is 4.79 Å². The highest BCUT2D eigenvalue weighted by atomic mass is 35.5. The molecule has 1 N–H and O–H groups in total. The van der Waals surface area contributed by atoms with Gasteiger partial charge < -0.3 is 14.8 Å². The van der Waals surface area contributed by atoms with Crippen molar-refractivity contribution in [2.75, 3.05) is 14.2 Å². The van der Waals surface area contributed by atoms with Crippen molar-refractivity contribution >= 4 is 23.6 Å². The second kappa shape index (κ2) is 8.41. The molecular weight excluding hydrogens is 326 g/mol. The van der Waals surface area contributed by atoms with Crippen molar-refractivity contribution in [3.05, 3.63) is 64.7 Å². The number of hydrogen-bond donors (Lipinski definition) is 1. The summed E-state index contributed by atoms with van der Waals surface area (Å²) in [5.41, 5.74) is 1.71. The van der Waals surface area contributed by atoms with E-state index < -0.39 is 0 Å². The van der Waals surface area contributed by atoms with E-state index in [0.29, 0.717) is 16.5 Å². The lowest BCUT2D eigenvalue weighted by Crippen LogP contribution is -2.24. The third-order valence-corrected chi connectivity index (χ3v) is 3.79. The van der Waals surface area contributed by atoms with Crippen LogP contribution in [0, 0.1) is 0 Å². The van der Waals surface area contributed by atoms with Gasteiger partial charge in [0.2, 0.25) is 5.91 Å². The van der Waals surface area contributed by atoms with Crippen LogP contribution >= 0.6 is 11.6 Å². The van der Waals surface area contributed by atoms with E-state index in [2.05, 4.69) is 5.32 Å². The lowest BCUT2D eigenvalue weighted by atomic mass is 10.1. The Bertz CT molecular complexity index is 743. The normalized spacial score (nSPS) is 12.0. The average molecular weight is 346 g/mol. The number of benzene rings is 2. The summed E-state index contributed by atoms with van der Waals surface area (Å²) in [5.74, 6) is 1.01. The maximum absolute atomic E-state index is 12.1. The van der Waals surface area contributed by atoms with Crippen molar-refractivity contribution < 1.29 is 14.3 Å². The average Bonchev–Trinajstić information content (AvgIpc) is 2.59. The first kappa shape index (κ1) is 17.9. The van der Waals surface area contributed by atoms with E-state index in [1.807, 2.05) is 37.3 Å². The monoisotopic (exact) mass is 345 g/mol. The summed E-state index contributed by atoms with van der Waals surface area (Å²) in [6.45, 7) is 1.91. The van der Waals surface area contributed by atoms with Gasteiger partial charge in [0.25, 0.3) is 0 Å². The van der Waals surface area contributed by atoms with Gasteiger partial charge in [-0.15, -0.1) is 0 Å². The molecule has 0 aliphatic rings. The Morgan fingerprint density at radius 1 is 1.17 bits per heavy atom. The Labute approximate surface area is 147 Å². The molecular formula is C19H20ClNO3. The molecule has 0 saturated carbocycles. The summed E-state index contributed by atoms with van der Waals surface area (Å²) in [6.07, 6.45) is 3.17. The van der Waals surface area contributed by atoms with Gasteiger partial charge in [-0.2, -0.15) is 0 Å². The Morgan fingerprint density at radius 3 is 2.58 bits per heavy atom. The molecule has 126 valence electrons. The number of carbonyl (C=O) groups excluding carboxylic acids is 1. The van der Waals surface area contributed by atoms with E-state index >= 15 is 0 Å². The molecule has 24 heavy (non-hydrogen) atoms. The summed E-state index contributed by atoms with van der Waals surface area (Å²) in [7, 11) is 3.14. The van der Waals surface area contributed by atoms with Crippen LogP contribution in [0.15, 0.2) is 48.5 Å². The molecule has 0 heterocycles. The Morgan fingerprint density at radius 2 is 1.92 bits per heavy atom. The van der Waals surface area contributed by atoms with Gasteiger partial charge in [-0.05, 0) is 36.8 Å². The molecule has 0 unspecified atom stereocenters. The van der Waals surface area contributed by atoms with E-state index in [-0.39, 0.29) is 11.9 Å². The minimum absolute atomic E-state index is 0.145. The molecule has 2 aromatic rings. The number of methoxy groups -OCH3 is 2. The van der Waals surface area contributed by atoms with E-state index in [9.17, 15) is 4.79 Å². The molecule has 0 saturated heterocycles. The van der Waals surface area contributed by atoms with Gasteiger partial charge in [0, 0.05) is 16.7 Å². The number of carbonyl (C=O) groups is 1. The fraction of sp³-hybridized carbons (Fsp3) is 0.211. The van der Waals surface area contributed by atoms with Gasteiger partial charge in [-0.25, -0.2) is 0 Å². The first-order valence-electron chi connectivity index (χ1n) is 7.50. The molecule has 0 aromatic heterocycles. The standard InChI is InChI=1S/C19H20ClNO3/c1-13(15-7-4-8-16(20)12-15)21-18(22)11-10-14-6-5-9-17(23-2)19(14)24-3/h4-13H,1-3H3,(H,21,22)/b11-10+/t13-/m0/s1. The molecule has 5 heteroatoms. The maximum atomic E-state index is 12.1. The third-order valence-electron chi connectivity index (χ3n) is 3.56. The zero-order valence-corrected chi connectivity index (χ0v) is 14.6. The number of halogens is 1. The van der Waals surface area contributed by atoms with E-state index in [1.165, 1.54) is 6.08 Å². The highest BCUT2D eigenvalue weighted by Gasteiger charge is 2.09. The van der Waals surface area contributed by atoms with Crippen molar-refractivity contribution in [2.24, 2.45) is 0 Å². The summed E-state index contributed by atoms with van der Waals surface area (Å²) < 4.78 is 10.6. The predicted octanol–water partition coefficient (Wildman–Crippen LogP) is 4.25. The third kappa shape index (κ3) is 4.52. The number of rotatable bonds is 6. The minimum Gasteiger partial charge on any atom is -0.493 e. The summed E-state index contributed by atoms with van der Waals surface area (Å²) >= 11 is 5.98. The molecule has 1 atom stereocenters. The number of hydrogen-bond acceptors (Lipinski definition) is 3. The van der Waals surface area contributed by atoms with Crippen LogP contribution in [-0.4, -0.2) is 20.1 Å². The van der Waals surface area contributed by atoms with Crippen LogP contribution in [0.4, 0.5) is 0 Å². The van der Waals surface area contributed by atoms with Crippen molar-refractivity contribution in [2.45, 2.75) is 13.0 Å². The predicted molar refractivity (Wildman–Crippen MR) is 96.6 cm³/mol. The van der Waals surface area contributed by atoms with Crippen LogP contribution in [-0.2, 0) is 4.79 Å². The first-order valence-corrected chi connectivity index (χ1v) is 7.88. The highest BCUT2D eigenvalue weighted by molar-refractivity contribution is 6.30. The summed E-state index contributed by atoms with van der Waals surface area (Å²) in [5, 5.41) is 3.55. The lowest BCUT2D eigenvalue weighted by Gasteiger charge is -2.13. The van der Waals surface area contributed by atoms with Crippen LogP contribution in [0.1, 0.15) is 24.1 Å². The maximum Gasteiger partial charge on any atom is 0.244 e. The van der Waals surface area contributed by atoms with Crippen LogP contribution in [0.2, 0.25) is 5.02 Å². The highest BCUT2D eigenvalue weighted by Crippen LogP contribution is 2.31. The quantitative estimate of drug-likeness (QED) is 0.796. The minimum atomic E-state index is -0.202. The lowest BCUT2D eigenvalue weighted by molar-refractivity contribution is -0.117. The molecule has 0 aliphatic carbocycles. The largest absolute Gasteiger partial charge is 0.493 e. The molecule has 0 bridgehead atoms. The molecule has 1 amide bonds. The van der Waals surface area contributed by atoms with Gasteiger partial charge in [-0.1, -0.05) is 35.9 Å². The van der Waals surface area contributed by atoms with Crippen LogP contribution in [0.3, 0.4) is 0 Å². The van der Waals surface area contributed by atoms with E-state index in [1.54, 1.807) is 32.4 Å². The number of nitrogens with one attached hydrogen (secondary N) is 1. The summed E-state index contributed by atoms with van der Waals surface area (Å²) in [6, 6.07) is 12.8. The van der Waals surface area contributed by atoms with Crippen molar-refractivity contribution in [3.8, 4) is 11.5 Å². The Balaban J connectivity index is 2.08. The molecule has 0 radical (unpaired) electrons. The zero-order valence-electron chi connectivity index (χ0n) is 13.9. The van der Waals surface area contributed by atoms with Crippen LogP contribution < -0.4 is 14.8 Å². The molecule has 2 aromatic carbocycles. The second-order valence-corrected chi connectivity index (χ2v) is 5.64.